The SMILES string of the molecule is O=C(Cl)c1ccc(Br)c(Br)c1C(=O)Cl. The standard InChI is InChI=1S/C8H2Br2Cl2O2/c9-4-2-1-3(7(11)13)5(6(4)10)8(12)14/h1-2H. The first-order valence-corrected chi connectivity index (χ1v) is 5.67. The smallest absolute Gasteiger partial charge is 0.254 e. The average molecular weight is 361 g/mol. The molecule has 0 heterocycles. The van der Waals surface area contributed by atoms with E-state index in [1.807, 2.05) is 0 Å². The highest BCUT2D eigenvalue weighted by atomic mass is 79.9. The number of benzene rings is 1. The third kappa shape index (κ3) is 2.37. The van der Waals surface area contributed by atoms with Crippen molar-refractivity contribution in [1.29, 1.82) is 0 Å². The van der Waals surface area contributed by atoms with Crippen molar-refractivity contribution < 1.29 is 9.59 Å². The minimum atomic E-state index is -0.734. The molecule has 1 aromatic rings. The van der Waals surface area contributed by atoms with Gasteiger partial charge >= 0.3 is 0 Å². The van der Waals surface area contributed by atoms with Gasteiger partial charge < -0.3 is 0 Å². The van der Waals surface area contributed by atoms with Crippen molar-refractivity contribution in [1.82, 2.24) is 0 Å². The normalized spacial score (nSPS) is 10.0. The van der Waals surface area contributed by atoms with E-state index in [1.54, 1.807) is 6.07 Å². The summed E-state index contributed by atoms with van der Waals surface area (Å²) in [6.45, 7) is 0. The predicted molar refractivity (Wildman–Crippen MR) is 62.2 cm³/mol. The molecule has 0 amide bonds. The first kappa shape index (κ1) is 12.2. The third-order valence-electron chi connectivity index (χ3n) is 1.50. The van der Waals surface area contributed by atoms with Crippen LogP contribution in [0, 0.1) is 0 Å². The zero-order chi connectivity index (χ0) is 10.9. The Bertz CT molecular complexity index is 418. The minimum Gasteiger partial charge on any atom is -0.276 e. The second kappa shape index (κ2) is 4.75. The first-order chi connectivity index (χ1) is 6.45. The Morgan fingerprint density at radius 3 is 2.07 bits per heavy atom. The molecule has 0 saturated heterocycles. The van der Waals surface area contributed by atoms with Gasteiger partial charge in [0.25, 0.3) is 10.5 Å². The van der Waals surface area contributed by atoms with Crippen LogP contribution in [0.15, 0.2) is 21.1 Å². The second-order valence-corrected chi connectivity index (χ2v) is 4.67. The molecule has 1 rings (SSSR count). The summed E-state index contributed by atoms with van der Waals surface area (Å²) in [7, 11) is 0. The lowest BCUT2D eigenvalue weighted by molar-refractivity contribution is 0.105. The molecule has 0 aliphatic carbocycles. The quantitative estimate of drug-likeness (QED) is 0.748. The summed E-state index contributed by atoms with van der Waals surface area (Å²) in [6.07, 6.45) is 0. The number of hydrogen-bond acceptors (Lipinski definition) is 2. The molecule has 0 N–H and O–H groups in total. The lowest BCUT2D eigenvalue weighted by Crippen LogP contribution is -2.02. The van der Waals surface area contributed by atoms with Gasteiger partial charge in [0.05, 0.1) is 5.56 Å². The van der Waals surface area contributed by atoms with Crippen LogP contribution in [0.3, 0.4) is 0 Å². The van der Waals surface area contributed by atoms with Crippen molar-refractivity contribution >= 4 is 65.5 Å². The Balaban J connectivity index is 3.53. The molecule has 0 aliphatic heterocycles. The van der Waals surface area contributed by atoms with Crippen molar-refractivity contribution in [3.8, 4) is 0 Å². The van der Waals surface area contributed by atoms with Gasteiger partial charge in [-0.25, -0.2) is 0 Å². The summed E-state index contributed by atoms with van der Waals surface area (Å²) in [6, 6.07) is 3.03. The highest BCUT2D eigenvalue weighted by Crippen LogP contribution is 2.31. The number of hydrogen-bond donors (Lipinski definition) is 0. The molecule has 0 fully saturated rings. The molecule has 0 saturated carbocycles. The fraction of sp³-hybridized carbons (Fsp3) is 0. The maximum absolute atomic E-state index is 11.0. The van der Waals surface area contributed by atoms with Crippen molar-refractivity contribution in [3.63, 3.8) is 0 Å². The number of halogens is 4. The fourth-order valence-electron chi connectivity index (χ4n) is 0.907. The zero-order valence-corrected chi connectivity index (χ0v) is 11.2. The van der Waals surface area contributed by atoms with Gasteiger partial charge in [0.2, 0.25) is 0 Å². The van der Waals surface area contributed by atoms with Crippen LogP contribution in [0.1, 0.15) is 20.7 Å². The Kier molecular flexibility index (Phi) is 4.13. The second-order valence-electron chi connectivity index (χ2n) is 2.33. The molecule has 0 radical (unpaired) electrons. The van der Waals surface area contributed by atoms with E-state index in [2.05, 4.69) is 31.9 Å². The molecule has 0 bridgehead atoms. The highest BCUT2D eigenvalue weighted by molar-refractivity contribution is 9.13. The monoisotopic (exact) mass is 358 g/mol. The molecular weight excluding hydrogens is 359 g/mol. The summed E-state index contributed by atoms with van der Waals surface area (Å²) in [5, 5.41) is -1.45. The highest BCUT2D eigenvalue weighted by Gasteiger charge is 2.19. The molecule has 0 unspecified atom stereocenters. The molecule has 14 heavy (non-hydrogen) atoms. The fourth-order valence-corrected chi connectivity index (χ4v) is 2.23. The molecule has 0 aliphatic rings. The van der Waals surface area contributed by atoms with Crippen molar-refractivity contribution in [2.24, 2.45) is 0 Å². The van der Waals surface area contributed by atoms with E-state index < -0.39 is 10.5 Å². The Morgan fingerprint density at radius 2 is 1.64 bits per heavy atom. The van der Waals surface area contributed by atoms with E-state index in [0.717, 1.165) is 0 Å². The summed E-state index contributed by atoms with van der Waals surface area (Å²) in [5.41, 5.74) is 0.155. The molecule has 6 heteroatoms. The Labute approximate surface area is 107 Å². The van der Waals surface area contributed by atoms with Crippen LogP contribution in [-0.4, -0.2) is 10.5 Å². The van der Waals surface area contributed by atoms with E-state index in [-0.39, 0.29) is 11.1 Å². The Morgan fingerprint density at radius 1 is 1.07 bits per heavy atom. The zero-order valence-electron chi connectivity index (χ0n) is 6.48. The van der Waals surface area contributed by atoms with Crippen LogP contribution >= 0.6 is 55.1 Å². The molecule has 1 aromatic carbocycles. The number of carbonyl (C=O) groups is 2. The van der Waals surface area contributed by atoms with Crippen LogP contribution < -0.4 is 0 Å². The van der Waals surface area contributed by atoms with E-state index >= 15 is 0 Å². The van der Waals surface area contributed by atoms with Gasteiger partial charge in [-0.2, -0.15) is 0 Å². The first-order valence-electron chi connectivity index (χ1n) is 3.32. The van der Waals surface area contributed by atoms with Crippen LogP contribution in [0.25, 0.3) is 0 Å². The summed E-state index contributed by atoms with van der Waals surface area (Å²) < 4.78 is 1.05. The van der Waals surface area contributed by atoms with E-state index in [4.69, 9.17) is 23.2 Å². The van der Waals surface area contributed by atoms with Gasteiger partial charge in [-0.1, -0.05) is 0 Å². The van der Waals surface area contributed by atoms with Crippen molar-refractivity contribution in [3.05, 3.63) is 32.2 Å². The van der Waals surface area contributed by atoms with Gasteiger partial charge in [0, 0.05) is 14.5 Å². The molecule has 0 aromatic heterocycles. The summed E-state index contributed by atoms with van der Waals surface area (Å²) in [4.78, 5) is 22.0. The van der Waals surface area contributed by atoms with Crippen LogP contribution in [0.5, 0.6) is 0 Å². The van der Waals surface area contributed by atoms with Crippen molar-refractivity contribution in [2.75, 3.05) is 0 Å². The minimum absolute atomic E-state index is 0.0704. The number of carbonyl (C=O) groups excluding carboxylic acids is 2. The van der Waals surface area contributed by atoms with E-state index in [0.29, 0.717) is 8.95 Å². The molecule has 2 nitrogen and oxygen atoms in total. The largest absolute Gasteiger partial charge is 0.276 e. The van der Waals surface area contributed by atoms with Gasteiger partial charge in [-0.05, 0) is 67.2 Å². The summed E-state index contributed by atoms with van der Waals surface area (Å²) in [5.74, 6) is 0. The number of rotatable bonds is 2. The van der Waals surface area contributed by atoms with Crippen LogP contribution in [0.2, 0.25) is 0 Å². The third-order valence-corrected chi connectivity index (χ3v) is 3.91. The van der Waals surface area contributed by atoms with E-state index in [1.165, 1.54) is 6.07 Å². The van der Waals surface area contributed by atoms with Crippen molar-refractivity contribution in [2.45, 2.75) is 0 Å². The van der Waals surface area contributed by atoms with E-state index in [9.17, 15) is 9.59 Å². The summed E-state index contributed by atoms with van der Waals surface area (Å²) >= 11 is 16.9. The van der Waals surface area contributed by atoms with Gasteiger partial charge in [-0.15, -0.1) is 0 Å². The maximum Gasteiger partial charge on any atom is 0.254 e. The Hall–Kier alpha value is 0.1000. The van der Waals surface area contributed by atoms with Crippen LogP contribution in [0.4, 0.5) is 0 Å². The maximum atomic E-state index is 11.0. The molecule has 0 spiro atoms. The van der Waals surface area contributed by atoms with Gasteiger partial charge in [0.15, 0.2) is 0 Å². The predicted octanol–water partition coefficient (Wildman–Crippen LogP) is 3.97. The van der Waals surface area contributed by atoms with Gasteiger partial charge in [-0.3, -0.25) is 9.59 Å². The van der Waals surface area contributed by atoms with Gasteiger partial charge in [0.1, 0.15) is 0 Å². The van der Waals surface area contributed by atoms with Crippen LogP contribution in [-0.2, 0) is 0 Å². The lowest BCUT2D eigenvalue weighted by atomic mass is 10.1. The lowest BCUT2D eigenvalue weighted by Gasteiger charge is -2.05. The molecule has 0 atom stereocenters. The molecular formula is C8H2Br2Cl2O2. The topological polar surface area (TPSA) is 34.1 Å². The average Bonchev–Trinajstić information content (AvgIpc) is 2.08. The molecule has 74 valence electrons.